The summed E-state index contributed by atoms with van der Waals surface area (Å²) in [6.07, 6.45) is 5.47. The van der Waals surface area contributed by atoms with Crippen LogP contribution in [0.5, 0.6) is 0 Å². The molecule has 0 fully saturated rings. The van der Waals surface area contributed by atoms with Gasteiger partial charge in [0.2, 0.25) is 0 Å². The van der Waals surface area contributed by atoms with Crippen molar-refractivity contribution >= 4 is 34.0 Å². The van der Waals surface area contributed by atoms with Crippen LogP contribution in [-0.4, -0.2) is 26.6 Å². The van der Waals surface area contributed by atoms with E-state index in [-0.39, 0.29) is 17.7 Å². The van der Waals surface area contributed by atoms with Crippen LogP contribution in [-0.2, 0) is 0 Å². The molecule has 0 saturated carbocycles. The molecule has 1 aliphatic heterocycles. The second-order valence-electron chi connectivity index (χ2n) is 6.18. The lowest BCUT2D eigenvalue weighted by molar-refractivity contribution is 0.0678. The molecule has 0 spiro atoms. The molecule has 0 aliphatic carbocycles. The zero-order chi connectivity index (χ0) is 18.2. The topological polar surface area (TPSA) is 71.6 Å². The molecule has 3 aromatic heterocycles. The molecule has 1 aliphatic rings. The van der Waals surface area contributed by atoms with Crippen LogP contribution in [0.2, 0.25) is 0 Å². The highest BCUT2D eigenvalue weighted by Gasteiger charge is 2.35. The fourth-order valence-electron chi connectivity index (χ4n) is 3.25. The van der Waals surface area contributed by atoms with E-state index in [1.54, 1.807) is 35.9 Å². The number of fused-ring (bicyclic) bond motifs is 1. The molecule has 5 rings (SSSR count). The van der Waals surface area contributed by atoms with Gasteiger partial charge in [-0.25, -0.2) is 5.01 Å². The largest absolute Gasteiger partial charge is 0.459 e. The number of carbonyl (C=O) groups excluding carboxylic acids is 1. The van der Waals surface area contributed by atoms with E-state index in [0.717, 1.165) is 27.2 Å². The van der Waals surface area contributed by atoms with Crippen LogP contribution in [0, 0.1) is 0 Å². The molecule has 0 bridgehead atoms. The van der Waals surface area contributed by atoms with E-state index in [1.165, 1.54) is 11.3 Å². The van der Waals surface area contributed by atoms with Crippen LogP contribution < -0.4 is 0 Å². The number of hydrazone groups is 1. The van der Waals surface area contributed by atoms with Gasteiger partial charge in [-0.05, 0) is 41.3 Å². The predicted molar refractivity (Wildman–Crippen MR) is 103 cm³/mol. The Bertz CT molecular complexity index is 1140. The first-order valence-electron chi connectivity index (χ1n) is 8.49. The maximum atomic E-state index is 13.0. The van der Waals surface area contributed by atoms with Gasteiger partial charge in [0.25, 0.3) is 0 Å². The minimum absolute atomic E-state index is 0.217. The van der Waals surface area contributed by atoms with Gasteiger partial charge in [-0.15, -0.1) is 11.3 Å². The van der Waals surface area contributed by atoms with Gasteiger partial charge in [0, 0.05) is 18.8 Å². The molecule has 1 atom stereocenters. The Balaban J connectivity index is 1.57. The number of thiophene rings is 1. The van der Waals surface area contributed by atoms with Crippen molar-refractivity contribution in [3.05, 3.63) is 82.7 Å². The molecule has 0 saturated heterocycles. The molecule has 1 aromatic carbocycles. The molecule has 4 aromatic rings. The van der Waals surface area contributed by atoms with Gasteiger partial charge in [-0.2, -0.15) is 5.10 Å². The molecule has 132 valence electrons. The Morgan fingerprint density at radius 2 is 2.00 bits per heavy atom. The first-order valence-corrected chi connectivity index (χ1v) is 9.36. The number of furan rings is 1. The number of amides is 1. The van der Waals surface area contributed by atoms with Crippen LogP contribution in [0.15, 0.2) is 76.0 Å². The van der Waals surface area contributed by atoms with E-state index in [4.69, 9.17) is 4.42 Å². The van der Waals surface area contributed by atoms with Crippen LogP contribution in [0.25, 0.3) is 11.0 Å². The molecule has 1 unspecified atom stereocenters. The van der Waals surface area contributed by atoms with E-state index in [1.807, 2.05) is 35.7 Å². The first-order chi connectivity index (χ1) is 13.3. The second kappa shape index (κ2) is 6.44. The Morgan fingerprint density at radius 3 is 2.78 bits per heavy atom. The zero-order valence-electron chi connectivity index (χ0n) is 14.1. The van der Waals surface area contributed by atoms with Crippen molar-refractivity contribution < 1.29 is 9.21 Å². The van der Waals surface area contributed by atoms with Crippen molar-refractivity contribution in [1.29, 1.82) is 0 Å². The monoisotopic (exact) mass is 374 g/mol. The fourth-order valence-corrected chi connectivity index (χ4v) is 3.97. The number of hydrogen-bond donors (Lipinski definition) is 0. The third kappa shape index (κ3) is 2.82. The van der Waals surface area contributed by atoms with E-state index in [0.29, 0.717) is 6.42 Å². The Hall–Kier alpha value is -3.32. The molecule has 27 heavy (non-hydrogen) atoms. The van der Waals surface area contributed by atoms with Crippen LogP contribution in [0.1, 0.15) is 33.5 Å². The minimum Gasteiger partial charge on any atom is -0.459 e. The summed E-state index contributed by atoms with van der Waals surface area (Å²) >= 11 is 1.62. The standard InChI is InChI=1S/C20H14N4O2S/c25-20(18-3-1-9-26-18)24-17(12-16(23-24)19-4-2-10-27-19)13-5-6-14-15(11-13)22-8-7-21-14/h1-11,17H,12H2. The molecule has 4 heterocycles. The lowest BCUT2D eigenvalue weighted by Gasteiger charge is -2.21. The average molecular weight is 374 g/mol. The van der Waals surface area contributed by atoms with Gasteiger partial charge in [-0.3, -0.25) is 14.8 Å². The number of aromatic nitrogens is 2. The summed E-state index contributed by atoms with van der Waals surface area (Å²) in [5, 5.41) is 8.17. The van der Waals surface area contributed by atoms with Gasteiger partial charge < -0.3 is 4.42 Å². The van der Waals surface area contributed by atoms with E-state index < -0.39 is 0 Å². The Morgan fingerprint density at radius 1 is 1.11 bits per heavy atom. The lowest BCUT2D eigenvalue weighted by Crippen LogP contribution is -2.26. The summed E-state index contributed by atoms with van der Waals surface area (Å²) in [4.78, 5) is 22.7. The molecule has 7 heteroatoms. The van der Waals surface area contributed by atoms with E-state index in [9.17, 15) is 4.79 Å². The van der Waals surface area contributed by atoms with Crippen molar-refractivity contribution in [2.45, 2.75) is 12.5 Å². The van der Waals surface area contributed by atoms with Gasteiger partial charge >= 0.3 is 5.91 Å². The highest BCUT2D eigenvalue weighted by molar-refractivity contribution is 7.12. The second-order valence-corrected chi connectivity index (χ2v) is 7.12. The zero-order valence-corrected chi connectivity index (χ0v) is 15.0. The maximum Gasteiger partial charge on any atom is 0.310 e. The number of carbonyl (C=O) groups is 1. The molecular formula is C20H14N4O2S. The number of benzene rings is 1. The van der Waals surface area contributed by atoms with Gasteiger partial charge in [0.1, 0.15) is 0 Å². The SMILES string of the molecule is O=C(c1ccco1)N1N=C(c2cccs2)CC1c1ccc2nccnc2c1. The third-order valence-electron chi connectivity index (χ3n) is 4.53. The first kappa shape index (κ1) is 15.9. The van der Waals surface area contributed by atoms with Crippen molar-refractivity contribution in [3.63, 3.8) is 0 Å². The van der Waals surface area contributed by atoms with E-state index >= 15 is 0 Å². The number of hydrogen-bond acceptors (Lipinski definition) is 6. The number of rotatable bonds is 3. The van der Waals surface area contributed by atoms with Gasteiger partial charge in [0.05, 0.1) is 33.9 Å². The Labute approximate surface area is 158 Å². The van der Waals surface area contributed by atoms with Crippen LogP contribution in [0.4, 0.5) is 0 Å². The molecule has 0 radical (unpaired) electrons. The Kier molecular flexibility index (Phi) is 3.79. The fraction of sp³-hybridized carbons (Fsp3) is 0.100. The van der Waals surface area contributed by atoms with Crippen molar-refractivity contribution in [2.24, 2.45) is 5.10 Å². The van der Waals surface area contributed by atoms with Crippen molar-refractivity contribution in [2.75, 3.05) is 0 Å². The summed E-state index contributed by atoms with van der Waals surface area (Å²) in [6, 6.07) is 13.0. The predicted octanol–water partition coefficient (Wildman–Crippen LogP) is 4.28. The highest BCUT2D eigenvalue weighted by Crippen LogP contribution is 2.35. The van der Waals surface area contributed by atoms with Gasteiger partial charge in [0.15, 0.2) is 5.76 Å². The normalized spacial score (nSPS) is 16.7. The van der Waals surface area contributed by atoms with Gasteiger partial charge in [-0.1, -0.05) is 12.1 Å². The smallest absolute Gasteiger partial charge is 0.310 e. The minimum atomic E-state index is -0.254. The molecule has 1 amide bonds. The summed E-state index contributed by atoms with van der Waals surface area (Å²) in [5.41, 5.74) is 3.49. The van der Waals surface area contributed by atoms with Crippen LogP contribution in [0.3, 0.4) is 0 Å². The summed E-state index contributed by atoms with van der Waals surface area (Å²) in [5.74, 6) is 0.0209. The quantitative estimate of drug-likeness (QED) is 0.537. The molecular weight excluding hydrogens is 360 g/mol. The summed E-state index contributed by atoms with van der Waals surface area (Å²) in [6.45, 7) is 0. The van der Waals surface area contributed by atoms with Crippen LogP contribution >= 0.6 is 11.3 Å². The maximum absolute atomic E-state index is 13.0. The average Bonchev–Trinajstić information content (AvgIpc) is 3.48. The molecule has 6 nitrogen and oxygen atoms in total. The summed E-state index contributed by atoms with van der Waals surface area (Å²) < 4.78 is 5.31. The van der Waals surface area contributed by atoms with Crippen molar-refractivity contribution in [1.82, 2.24) is 15.0 Å². The highest BCUT2D eigenvalue weighted by atomic mass is 32.1. The van der Waals surface area contributed by atoms with Crippen molar-refractivity contribution in [3.8, 4) is 0 Å². The van der Waals surface area contributed by atoms with E-state index in [2.05, 4.69) is 15.1 Å². The summed E-state index contributed by atoms with van der Waals surface area (Å²) in [7, 11) is 0. The lowest BCUT2D eigenvalue weighted by atomic mass is 10.0. The third-order valence-corrected chi connectivity index (χ3v) is 5.45. The number of nitrogens with zero attached hydrogens (tertiary/aromatic N) is 4. The molecule has 0 N–H and O–H groups in total.